The number of hydrogen-bond donors (Lipinski definition) is 1. The maximum atomic E-state index is 12.4. The molecule has 0 saturated carbocycles. The third kappa shape index (κ3) is 6.36. The summed E-state index contributed by atoms with van der Waals surface area (Å²) in [5, 5.41) is 2.77. The molecule has 0 aromatic heterocycles. The number of sulfonamides is 1. The summed E-state index contributed by atoms with van der Waals surface area (Å²) >= 11 is 3.40. The van der Waals surface area contributed by atoms with Gasteiger partial charge in [-0.05, 0) is 61.2 Å². The van der Waals surface area contributed by atoms with Crippen LogP contribution in [0.25, 0.3) is 0 Å². The van der Waals surface area contributed by atoms with Gasteiger partial charge >= 0.3 is 0 Å². The Bertz CT molecular complexity index is 896. The number of carbonyl (C=O) groups excluding carboxylic acids is 1. The molecule has 1 amide bonds. The molecule has 2 aromatic carbocycles. The van der Waals surface area contributed by atoms with E-state index >= 15 is 0 Å². The Kier molecular flexibility index (Phi) is 7.44. The number of nitrogens with one attached hydrogen (secondary N) is 1. The van der Waals surface area contributed by atoms with E-state index in [9.17, 15) is 13.2 Å². The van der Waals surface area contributed by atoms with Crippen LogP contribution in [0.4, 0.5) is 11.4 Å². The number of rotatable bonds is 8. The van der Waals surface area contributed by atoms with Gasteiger partial charge in [0, 0.05) is 10.2 Å². The quantitative estimate of drug-likeness (QED) is 0.640. The van der Waals surface area contributed by atoms with Gasteiger partial charge in [-0.2, -0.15) is 0 Å². The lowest BCUT2D eigenvalue weighted by Crippen LogP contribution is -2.37. The van der Waals surface area contributed by atoms with Gasteiger partial charge in [-0.15, -0.1) is 0 Å². The van der Waals surface area contributed by atoms with E-state index in [1.54, 1.807) is 18.2 Å². The first-order chi connectivity index (χ1) is 12.7. The van der Waals surface area contributed by atoms with Crippen LogP contribution in [0, 0.1) is 6.92 Å². The van der Waals surface area contributed by atoms with E-state index in [1.165, 1.54) is 5.56 Å². The number of anilines is 2. The molecule has 2 aromatic rings. The molecule has 5 nitrogen and oxygen atoms in total. The summed E-state index contributed by atoms with van der Waals surface area (Å²) in [5.41, 5.74) is 3.23. The lowest BCUT2D eigenvalue weighted by Gasteiger charge is -2.22. The number of unbranched alkanes of at least 4 members (excludes halogenated alkanes) is 1. The van der Waals surface area contributed by atoms with Crippen molar-refractivity contribution in [2.75, 3.05) is 22.4 Å². The first-order valence-corrected chi connectivity index (χ1v) is 11.5. The van der Waals surface area contributed by atoms with Gasteiger partial charge in [0.1, 0.15) is 6.54 Å². The van der Waals surface area contributed by atoms with Gasteiger partial charge in [0.25, 0.3) is 0 Å². The van der Waals surface area contributed by atoms with Crippen LogP contribution >= 0.6 is 15.9 Å². The van der Waals surface area contributed by atoms with E-state index in [2.05, 4.69) is 28.2 Å². The van der Waals surface area contributed by atoms with Gasteiger partial charge in [-0.3, -0.25) is 9.10 Å². The third-order valence-electron chi connectivity index (χ3n) is 4.17. The highest BCUT2D eigenvalue weighted by atomic mass is 79.9. The van der Waals surface area contributed by atoms with Gasteiger partial charge < -0.3 is 5.32 Å². The second kappa shape index (κ2) is 9.37. The van der Waals surface area contributed by atoms with Crippen LogP contribution in [-0.4, -0.2) is 27.1 Å². The molecule has 146 valence electrons. The highest BCUT2D eigenvalue weighted by Gasteiger charge is 2.21. The standard InChI is InChI=1S/C20H25BrN2O3S/c1-4-5-6-16-7-9-17(10-8-16)22-20(24)14-23(27(3,25)26)18-11-12-19(21)15(2)13-18/h7-13H,4-6,14H2,1-3H3,(H,22,24). The predicted molar refractivity (Wildman–Crippen MR) is 115 cm³/mol. The number of carbonyl (C=O) groups is 1. The van der Waals surface area contributed by atoms with Crippen molar-refractivity contribution in [1.29, 1.82) is 0 Å². The van der Waals surface area contributed by atoms with Gasteiger partial charge in [0.05, 0.1) is 11.9 Å². The van der Waals surface area contributed by atoms with Crippen LogP contribution in [-0.2, 0) is 21.2 Å². The molecule has 0 spiro atoms. The summed E-state index contributed by atoms with van der Waals surface area (Å²) in [4.78, 5) is 12.4. The summed E-state index contributed by atoms with van der Waals surface area (Å²) < 4.78 is 26.4. The molecule has 1 N–H and O–H groups in total. The Morgan fingerprint density at radius 2 is 1.81 bits per heavy atom. The van der Waals surface area contributed by atoms with Crippen molar-refractivity contribution in [3.05, 3.63) is 58.1 Å². The zero-order valence-corrected chi connectivity index (χ0v) is 18.2. The van der Waals surface area contributed by atoms with E-state index in [0.29, 0.717) is 11.4 Å². The number of aryl methyl sites for hydroxylation is 2. The van der Waals surface area contributed by atoms with E-state index in [4.69, 9.17) is 0 Å². The zero-order chi connectivity index (χ0) is 20.0. The van der Waals surface area contributed by atoms with Crippen molar-refractivity contribution in [3.63, 3.8) is 0 Å². The van der Waals surface area contributed by atoms with Crippen LogP contribution in [0.2, 0.25) is 0 Å². The molecule has 0 heterocycles. The highest BCUT2D eigenvalue weighted by molar-refractivity contribution is 9.10. The van der Waals surface area contributed by atoms with E-state index < -0.39 is 10.0 Å². The number of nitrogens with zero attached hydrogens (tertiary/aromatic N) is 1. The molecule has 0 aliphatic heterocycles. The summed E-state index contributed by atoms with van der Waals surface area (Å²) in [6, 6.07) is 12.8. The van der Waals surface area contributed by atoms with E-state index in [0.717, 1.165) is 39.9 Å². The van der Waals surface area contributed by atoms with Crippen molar-refractivity contribution < 1.29 is 13.2 Å². The van der Waals surface area contributed by atoms with Crippen molar-refractivity contribution in [2.24, 2.45) is 0 Å². The number of halogens is 1. The summed E-state index contributed by atoms with van der Waals surface area (Å²) in [6.45, 7) is 3.74. The Balaban J connectivity index is 2.11. The largest absolute Gasteiger partial charge is 0.325 e. The number of hydrogen-bond acceptors (Lipinski definition) is 3. The Morgan fingerprint density at radius 3 is 2.37 bits per heavy atom. The van der Waals surface area contributed by atoms with Crippen LogP contribution in [0.1, 0.15) is 30.9 Å². The fraction of sp³-hybridized carbons (Fsp3) is 0.350. The fourth-order valence-electron chi connectivity index (χ4n) is 2.65. The smallest absolute Gasteiger partial charge is 0.245 e. The molecule has 0 aliphatic carbocycles. The summed E-state index contributed by atoms with van der Waals surface area (Å²) in [6.07, 6.45) is 4.37. The molecule has 2 rings (SSSR count). The Labute approximate surface area is 170 Å². The second-order valence-electron chi connectivity index (χ2n) is 6.55. The molecule has 0 bridgehead atoms. The Morgan fingerprint density at radius 1 is 1.15 bits per heavy atom. The number of benzene rings is 2. The molecule has 0 saturated heterocycles. The Hall–Kier alpha value is -1.86. The lowest BCUT2D eigenvalue weighted by atomic mass is 10.1. The van der Waals surface area contributed by atoms with Crippen LogP contribution in [0.15, 0.2) is 46.9 Å². The topological polar surface area (TPSA) is 66.5 Å². The molecule has 0 aliphatic rings. The minimum Gasteiger partial charge on any atom is -0.325 e. The van der Waals surface area contributed by atoms with Crippen molar-refractivity contribution >= 4 is 43.2 Å². The molecule has 7 heteroatoms. The highest BCUT2D eigenvalue weighted by Crippen LogP contribution is 2.24. The third-order valence-corrected chi connectivity index (χ3v) is 6.20. The molecular weight excluding hydrogens is 428 g/mol. The van der Waals surface area contributed by atoms with Gasteiger partial charge in [0.2, 0.25) is 15.9 Å². The van der Waals surface area contributed by atoms with E-state index in [1.807, 2.05) is 31.2 Å². The van der Waals surface area contributed by atoms with Crippen molar-refractivity contribution in [3.8, 4) is 0 Å². The maximum Gasteiger partial charge on any atom is 0.245 e. The molecule has 0 fully saturated rings. The van der Waals surface area contributed by atoms with Gasteiger partial charge in [0.15, 0.2) is 0 Å². The van der Waals surface area contributed by atoms with Crippen LogP contribution in [0.5, 0.6) is 0 Å². The summed E-state index contributed by atoms with van der Waals surface area (Å²) in [5.74, 6) is -0.387. The molecule has 27 heavy (non-hydrogen) atoms. The molecule has 0 unspecified atom stereocenters. The minimum absolute atomic E-state index is 0.280. The van der Waals surface area contributed by atoms with Crippen molar-refractivity contribution in [2.45, 2.75) is 33.1 Å². The van der Waals surface area contributed by atoms with Gasteiger partial charge in [-0.25, -0.2) is 8.42 Å². The molecule has 0 atom stereocenters. The first kappa shape index (κ1) is 21.4. The fourth-order valence-corrected chi connectivity index (χ4v) is 3.75. The van der Waals surface area contributed by atoms with Crippen LogP contribution in [0.3, 0.4) is 0 Å². The lowest BCUT2D eigenvalue weighted by molar-refractivity contribution is -0.114. The molecular formula is C20H25BrN2O3S. The minimum atomic E-state index is -3.59. The SMILES string of the molecule is CCCCc1ccc(NC(=O)CN(c2ccc(Br)c(C)c2)S(C)(=O)=O)cc1. The average molecular weight is 453 g/mol. The predicted octanol–water partition coefficient (Wildman–Crippen LogP) is 4.50. The second-order valence-corrected chi connectivity index (χ2v) is 9.31. The summed E-state index contributed by atoms with van der Waals surface area (Å²) in [7, 11) is -3.59. The monoisotopic (exact) mass is 452 g/mol. The van der Waals surface area contributed by atoms with E-state index in [-0.39, 0.29) is 12.5 Å². The first-order valence-electron chi connectivity index (χ1n) is 8.83. The zero-order valence-electron chi connectivity index (χ0n) is 15.8. The maximum absolute atomic E-state index is 12.4. The van der Waals surface area contributed by atoms with Crippen molar-refractivity contribution in [1.82, 2.24) is 0 Å². The normalized spacial score (nSPS) is 11.3. The van der Waals surface area contributed by atoms with Gasteiger partial charge in [-0.1, -0.05) is 41.4 Å². The number of amides is 1. The molecule has 0 radical (unpaired) electrons. The van der Waals surface area contributed by atoms with Crippen LogP contribution < -0.4 is 9.62 Å². The average Bonchev–Trinajstić information content (AvgIpc) is 2.60.